The minimum Gasteiger partial charge on any atom is -0.330 e. The van der Waals surface area contributed by atoms with Gasteiger partial charge in [-0.15, -0.1) is 11.3 Å². The van der Waals surface area contributed by atoms with E-state index in [1.807, 2.05) is 0 Å². The summed E-state index contributed by atoms with van der Waals surface area (Å²) in [7, 11) is 1.67. The first-order valence-corrected chi connectivity index (χ1v) is 6.26. The Hall–Kier alpha value is -1.24. The van der Waals surface area contributed by atoms with Gasteiger partial charge >= 0.3 is 0 Å². The van der Waals surface area contributed by atoms with Crippen LogP contribution in [0.5, 0.6) is 0 Å². The van der Waals surface area contributed by atoms with Crippen LogP contribution in [0.3, 0.4) is 0 Å². The first kappa shape index (κ1) is 12.2. The molecule has 17 heavy (non-hydrogen) atoms. The normalized spacial score (nSPS) is 10.8. The Morgan fingerprint density at radius 3 is 3.00 bits per heavy atom. The molecule has 90 valence electrons. The number of nitrogens with zero attached hydrogens (tertiary/aromatic N) is 3. The second kappa shape index (κ2) is 4.95. The zero-order valence-corrected chi connectivity index (χ0v) is 10.8. The summed E-state index contributed by atoms with van der Waals surface area (Å²) in [4.78, 5) is 16.4. The van der Waals surface area contributed by atoms with Crippen molar-refractivity contribution in [3.05, 3.63) is 33.0 Å². The SMILES string of the molecule is Cn1ncc(Cl)c1C(=O)c1csc(CCN)n1. The zero-order chi connectivity index (χ0) is 12.4. The van der Waals surface area contributed by atoms with Crippen LogP contribution in [-0.2, 0) is 13.5 Å². The number of hydrogen-bond donors (Lipinski definition) is 1. The van der Waals surface area contributed by atoms with Gasteiger partial charge < -0.3 is 5.73 Å². The van der Waals surface area contributed by atoms with Crippen molar-refractivity contribution in [1.82, 2.24) is 14.8 Å². The highest BCUT2D eigenvalue weighted by atomic mass is 35.5. The molecule has 0 radical (unpaired) electrons. The van der Waals surface area contributed by atoms with Gasteiger partial charge in [0.1, 0.15) is 11.4 Å². The summed E-state index contributed by atoms with van der Waals surface area (Å²) in [5.41, 5.74) is 6.19. The zero-order valence-electron chi connectivity index (χ0n) is 9.18. The monoisotopic (exact) mass is 270 g/mol. The molecule has 0 aliphatic heterocycles. The lowest BCUT2D eigenvalue weighted by Crippen LogP contribution is -2.10. The Labute approximate surface area is 107 Å². The number of rotatable bonds is 4. The summed E-state index contributed by atoms with van der Waals surface area (Å²) in [5.74, 6) is -0.213. The van der Waals surface area contributed by atoms with Crippen LogP contribution in [0.2, 0.25) is 5.02 Å². The average Bonchev–Trinajstić information content (AvgIpc) is 2.87. The third-order valence-corrected chi connectivity index (χ3v) is 3.44. The van der Waals surface area contributed by atoms with Crippen LogP contribution in [0, 0.1) is 0 Å². The van der Waals surface area contributed by atoms with E-state index in [9.17, 15) is 4.79 Å². The van der Waals surface area contributed by atoms with Crippen molar-refractivity contribution in [3.8, 4) is 0 Å². The van der Waals surface area contributed by atoms with Crippen molar-refractivity contribution in [1.29, 1.82) is 0 Å². The van der Waals surface area contributed by atoms with Crippen LogP contribution >= 0.6 is 22.9 Å². The van der Waals surface area contributed by atoms with Crippen molar-refractivity contribution in [2.75, 3.05) is 6.54 Å². The number of carbonyl (C=O) groups is 1. The summed E-state index contributed by atoms with van der Waals surface area (Å²) in [6.07, 6.45) is 2.12. The van der Waals surface area contributed by atoms with E-state index in [-0.39, 0.29) is 5.78 Å². The van der Waals surface area contributed by atoms with Gasteiger partial charge in [0.2, 0.25) is 5.78 Å². The summed E-state index contributed by atoms with van der Waals surface area (Å²) < 4.78 is 1.45. The fraction of sp³-hybridized carbons (Fsp3) is 0.300. The topological polar surface area (TPSA) is 73.8 Å². The van der Waals surface area contributed by atoms with Gasteiger partial charge in [0.05, 0.1) is 16.2 Å². The molecule has 0 unspecified atom stereocenters. The van der Waals surface area contributed by atoms with E-state index in [1.165, 1.54) is 22.2 Å². The van der Waals surface area contributed by atoms with Crippen LogP contribution in [0.1, 0.15) is 21.2 Å². The third kappa shape index (κ3) is 2.38. The highest BCUT2D eigenvalue weighted by Crippen LogP contribution is 2.19. The Morgan fingerprint density at radius 1 is 1.65 bits per heavy atom. The highest BCUT2D eigenvalue weighted by molar-refractivity contribution is 7.09. The number of thiazole rings is 1. The molecular weight excluding hydrogens is 260 g/mol. The van der Waals surface area contributed by atoms with Gasteiger partial charge in [0.15, 0.2) is 0 Å². The number of halogens is 1. The summed E-state index contributed by atoms with van der Waals surface area (Å²) in [6, 6.07) is 0. The van der Waals surface area contributed by atoms with Crippen LogP contribution in [0.4, 0.5) is 0 Å². The molecule has 0 aromatic carbocycles. The van der Waals surface area contributed by atoms with E-state index in [2.05, 4.69) is 10.1 Å². The molecule has 0 bridgehead atoms. The molecule has 0 amide bonds. The predicted octanol–water partition coefficient (Wildman–Crippen LogP) is 1.26. The van der Waals surface area contributed by atoms with Crippen LogP contribution in [0.15, 0.2) is 11.6 Å². The highest BCUT2D eigenvalue weighted by Gasteiger charge is 2.19. The molecule has 0 saturated carbocycles. The molecule has 0 fully saturated rings. The minimum absolute atomic E-state index is 0.213. The standard InChI is InChI=1S/C10H11ClN4OS/c1-15-9(6(11)4-13-15)10(16)7-5-17-8(14-7)2-3-12/h4-5H,2-3,12H2,1H3. The number of hydrogen-bond acceptors (Lipinski definition) is 5. The molecular formula is C10H11ClN4OS. The van der Waals surface area contributed by atoms with E-state index in [4.69, 9.17) is 17.3 Å². The molecule has 0 aliphatic rings. The van der Waals surface area contributed by atoms with E-state index in [0.717, 1.165) is 5.01 Å². The van der Waals surface area contributed by atoms with Crippen molar-refractivity contribution in [2.24, 2.45) is 12.8 Å². The maximum absolute atomic E-state index is 12.1. The predicted molar refractivity (Wildman–Crippen MR) is 66.5 cm³/mol. The first-order valence-electron chi connectivity index (χ1n) is 5.00. The molecule has 0 spiro atoms. The van der Waals surface area contributed by atoms with E-state index in [1.54, 1.807) is 12.4 Å². The van der Waals surface area contributed by atoms with Gasteiger partial charge in [-0.2, -0.15) is 5.10 Å². The van der Waals surface area contributed by atoms with Crippen molar-refractivity contribution in [3.63, 3.8) is 0 Å². The van der Waals surface area contributed by atoms with E-state index >= 15 is 0 Å². The van der Waals surface area contributed by atoms with Gasteiger partial charge in [-0.05, 0) is 6.54 Å². The molecule has 2 aromatic heterocycles. The smallest absolute Gasteiger partial charge is 0.231 e. The molecule has 2 heterocycles. The van der Waals surface area contributed by atoms with Crippen molar-refractivity contribution >= 4 is 28.7 Å². The quantitative estimate of drug-likeness (QED) is 0.849. The molecule has 2 aromatic rings. The average molecular weight is 271 g/mol. The number of aryl methyl sites for hydroxylation is 1. The lowest BCUT2D eigenvalue weighted by atomic mass is 10.2. The van der Waals surface area contributed by atoms with Gasteiger partial charge in [-0.25, -0.2) is 4.98 Å². The number of nitrogens with two attached hydrogens (primary N) is 1. The second-order valence-electron chi connectivity index (χ2n) is 3.46. The summed E-state index contributed by atoms with van der Waals surface area (Å²) >= 11 is 7.34. The Balaban J connectivity index is 2.31. The fourth-order valence-electron chi connectivity index (χ4n) is 1.44. The third-order valence-electron chi connectivity index (χ3n) is 2.25. The number of ketones is 1. The maximum atomic E-state index is 12.1. The van der Waals surface area contributed by atoms with Crippen molar-refractivity contribution in [2.45, 2.75) is 6.42 Å². The van der Waals surface area contributed by atoms with Crippen molar-refractivity contribution < 1.29 is 4.79 Å². The van der Waals surface area contributed by atoms with Gasteiger partial charge in [0, 0.05) is 18.8 Å². The number of aromatic nitrogens is 3. The van der Waals surface area contributed by atoms with Gasteiger partial charge in [0.25, 0.3) is 0 Å². The van der Waals surface area contributed by atoms with Crippen LogP contribution in [0.25, 0.3) is 0 Å². The molecule has 0 aliphatic carbocycles. The van der Waals surface area contributed by atoms with Gasteiger partial charge in [-0.1, -0.05) is 11.6 Å². The minimum atomic E-state index is -0.213. The number of carbonyl (C=O) groups excluding carboxylic acids is 1. The molecule has 2 rings (SSSR count). The lowest BCUT2D eigenvalue weighted by Gasteiger charge is -1.98. The maximum Gasteiger partial charge on any atom is 0.231 e. The lowest BCUT2D eigenvalue weighted by molar-refractivity contribution is 0.102. The summed E-state index contributed by atoms with van der Waals surface area (Å²) in [6.45, 7) is 0.521. The fourth-order valence-corrected chi connectivity index (χ4v) is 2.49. The summed E-state index contributed by atoms with van der Waals surface area (Å²) in [5, 5.41) is 6.84. The molecule has 7 heteroatoms. The second-order valence-corrected chi connectivity index (χ2v) is 4.81. The largest absolute Gasteiger partial charge is 0.330 e. The Kier molecular flexibility index (Phi) is 3.56. The van der Waals surface area contributed by atoms with Crippen LogP contribution < -0.4 is 5.73 Å². The molecule has 0 saturated heterocycles. The molecule has 0 atom stereocenters. The Morgan fingerprint density at radius 2 is 2.41 bits per heavy atom. The Bertz CT molecular complexity index is 529. The van der Waals surface area contributed by atoms with E-state index < -0.39 is 0 Å². The molecule has 5 nitrogen and oxygen atoms in total. The van der Waals surface area contributed by atoms with E-state index in [0.29, 0.717) is 29.4 Å². The first-order chi connectivity index (χ1) is 8.13. The molecule has 2 N–H and O–H groups in total. The van der Waals surface area contributed by atoms with Gasteiger partial charge in [-0.3, -0.25) is 9.48 Å². The van der Waals surface area contributed by atoms with Crippen LogP contribution in [-0.4, -0.2) is 27.1 Å².